The molecule has 0 saturated heterocycles. The van der Waals surface area contributed by atoms with Gasteiger partial charge in [-0.05, 0) is 42.5 Å². The molecule has 0 aliphatic carbocycles. The molecule has 11 heteroatoms. The summed E-state index contributed by atoms with van der Waals surface area (Å²) in [6.07, 6.45) is 0. The van der Waals surface area contributed by atoms with Crippen molar-refractivity contribution in [3.63, 3.8) is 0 Å². The molecule has 0 atom stereocenters. The minimum Gasteiger partial charge on any atom is -0.482 e. The molecule has 0 saturated carbocycles. The lowest BCUT2D eigenvalue weighted by molar-refractivity contribution is -0.149. The highest BCUT2D eigenvalue weighted by Gasteiger charge is 2.26. The van der Waals surface area contributed by atoms with Crippen molar-refractivity contribution in [3.8, 4) is 5.75 Å². The fourth-order valence-electron chi connectivity index (χ4n) is 1.91. The summed E-state index contributed by atoms with van der Waals surface area (Å²) in [7, 11) is -4.71. The predicted molar refractivity (Wildman–Crippen MR) is 96.2 cm³/mol. The lowest BCUT2D eigenvalue weighted by Crippen LogP contribution is -2.23. The third-order valence-electron chi connectivity index (χ3n) is 3.22. The van der Waals surface area contributed by atoms with Crippen molar-refractivity contribution >= 4 is 39.0 Å². The maximum Gasteiger partial charge on any atom is 0.344 e. The number of halogens is 3. The third-order valence-corrected chi connectivity index (χ3v) is 4.85. The normalized spacial score (nSPS) is 11.1. The summed E-state index contributed by atoms with van der Waals surface area (Å²) in [5.41, 5.74) is 0.143. The van der Waals surface area contributed by atoms with Crippen molar-refractivity contribution in [2.45, 2.75) is 10.7 Å². The summed E-state index contributed by atoms with van der Waals surface area (Å²) in [5.74, 6) is -4.69. The first-order valence-corrected chi connectivity index (χ1v) is 9.57. The van der Waals surface area contributed by atoms with Gasteiger partial charge in [0.15, 0.2) is 13.2 Å². The summed E-state index contributed by atoms with van der Waals surface area (Å²) in [5, 5.41) is 2.76. The zero-order chi connectivity index (χ0) is 20.7. The summed E-state index contributed by atoms with van der Waals surface area (Å²) >= 11 is 5.77. The van der Waals surface area contributed by atoms with Gasteiger partial charge in [0.05, 0.1) is 4.90 Å². The van der Waals surface area contributed by atoms with Crippen molar-refractivity contribution in [2.75, 3.05) is 18.5 Å². The van der Waals surface area contributed by atoms with Crippen LogP contribution in [0.5, 0.6) is 5.75 Å². The van der Waals surface area contributed by atoms with Crippen LogP contribution in [0.15, 0.2) is 53.4 Å². The number of ether oxygens (including phenoxy) is 2. The smallest absolute Gasteiger partial charge is 0.344 e. The number of hydrogen-bond acceptors (Lipinski definition) is 6. The lowest BCUT2D eigenvalue weighted by atomic mass is 10.3. The Bertz CT molecular complexity index is 950. The molecular weight excluding hydrogens is 420 g/mol. The molecule has 0 aromatic heterocycles. The first-order chi connectivity index (χ1) is 13.2. The van der Waals surface area contributed by atoms with Crippen molar-refractivity contribution in [2.24, 2.45) is 0 Å². The number of alkyl halides is 2. The Labute approximate surface area is 164 Å². The van der Waals surface area contributed by atoms with Crippen LogP contribution in [0.4, 0.5) is 14.5 Å². The van der Waals surface area contributed by atoms with Crippen molar-refractivity contribution in [3.05, 3.63) is 53.6 Å². The molecule has 0 aliphatic heterocycles. The summed E-state index contributed by atoms with van der Waals surface area (Å²) in [6, 6.07) is 10.5. The fourth-order valence-corrected chi connectivity index (χ4v) is 2.82. The Balaban J connectivity index is 1.80. The number of anilines is 1. The summed E-state index contributed by atoms with van der Waals surface area (Å²) in [4.78, 5) is 22.7. The van der Waals surface area contributed by atoms with Crippen molar-refractivity contribution in [1.29, 1.82) is 0 Å². The maximum absolute atomic E-state index is 12.5. The van der Waals surface area contributed by atoms with E-state index in [-0.39, 0.29) is 5.69 Å². The number of rotatable bonds is 8. The van der Waals surface area contributed by atoms with Gasteiger partial charge in [-0.15, -0.1) is 0 Å². The molecule has 7 nitrogen and oxygen atoms in total. The maximum atomic E-state index is 12.5. The van der Waals surface area contributed by atoms with Crippen LogP contribution in [0.2, 0.25) is 5.02 Å². The lowest BCUT2D eigenvalue weighted by Gasteiger charge is -2.09. The molecule has 0 heterocycles. The molecule has 2 aromatic carbocycles. The van der Waals surface area contributed by atoms with E-state index < -0.39 is 45.6 Å². The Hall–Kier alpha value is -2.72. The molecule has 28 heavy (non-hydrogen) atoms. The second-order valence-electron chi connectivity index (χ2n) is 5.28. The van der Waals surface area contributed by atoms with E-state index in [9.17, 15) is 26.8 Å². The first kappa shape index (κ1) is 21.6. The van der Waals surface area contributed by atoms with E-state index in [0.29, 0.717) is 10.8 Å². The third kappa shape index (κ3) is 6.17. The van der Waals surface area contributed by atoms with Gasteiger partial charge in [0.2, 0.25) is 9.84 Å². The Morgan fingerprint density at radius 2 is 1.75 bits per heavy atom. The molecule has 2 rings (SSSR count). The number of sulfone groups is 1. The van der Waals surface area contributed by atoms with Gasteiger partial charge in [-0.25, -0.2) is 13.2 Å². The molecule has 150 valence electrons. The zero-order valence-corrected chi connectivity index (χ0v) is 15.7. The fraction of sp³-hybridized carbons (Fsp3) is 0.176. The largest absolute Gasteiger partial charge is 0.482 e. The Morgan fingerprint density at radius 1 is 1.07 bits per heavy atom. The molecular formula is C17H14ClF2NO6S. The zero-order valence-electron chi connectivity index (χ0n) is 14.1. The van der Waals surface area contributed by atoms with Crippen LogP contribution in [0, 0.1) is 0 Å². The van der Waals surface area contributed by atoms with Gasteiger partial charge in [0, 0.05) is 10.7 Å². The van der Waals surface area contributed by atoms with Gasteiger partial charge in [-0.3, -0.25) is 4.79 Å². The Morgan fingerprint density at radius 3 is 2.36 bits per heavy atom. The predicted octanol–water partition coefficient (Wildman–Crippen LogP) is 2.90. The topological polar surface area (TPSA) is 98.8 Å². The van der Waals surface area contributed by atoms with E-state index in [1.165, 1.54) is 6.07 Å². The molecule has 0 fully saturated rings. The minimum absolute atomic E-state index is 0.143. The average Bonchev–Trinajstić information content (AvgIpc) is 2.65. The molecule has 0 unspecified atom stereocenters. The molecule has 0 spiro atoms. The van der Waals surface area contributed by atoms with Gasteiger partial charge >= 0.3 is 11.7 Å². The second-order valence-corrected chi connectivity index (χ2v) is 7.64. The molecule has 2 aromatic rings. The monoisotopic (exact) mass is 433 g/mol. The first-order valence-electron chi connectivity index (χ1n) is 7.64. The van der Waals surface area contributed by atoms with E-state index in [1.807, 2.05) is 0 Å². The van der Waals surface area contributed by atoms with Crippen LogP contribution >= 0.6 is 11.6 Å². The van der Waals surface area contributed by atoms with E-state index in [4.69, 9.17) is 21.1 Å². The van der Waals surface area contributed by atoms with Crippen LogP contribution in [-0.4, -0.2) is 39.3 Å². The van der Waals surface area contributed by atoms with Crippen LogP contribution in [0.3, 0.4) is 0 Å². The van der Waals surface area contributed by atoms with Crippen molar-refractivity contribution < 1.29 is 36.3 Å². The van der Waals surface area contributed by atoms with Crippen LogP contribution < -0.4 is 10.1 Å². The molecule has 0 radical (unpaired) electrons. The number of carbonyl (C=O) groups is 2. The van der Waals surface area contributed by atoms with Crippen LogP contribution in [-0.2, 0) is 24.2 Å². The van der Waals surface area contributed by atoms with E-state index in [0.717, 1.165) is 24.3 Å². The minimum atomic E-state index is -4.71. The quantitative estimate of drug-likeness (QED) is 0.643. The number of benzene rings is 2. The highest BCUT2D eigenvalue weighted by Crippen LogP contribution is 2.20. The van der Waals surface area contributed by atoms with E-state index in [1.54, 1.807) is 18.2 Å². The number of nitrogens with one attached hydrogen (secondary N) is 1. The van der Waals surface area contributed by atoms with Crippen LogP contribution in [0.1, 0.15) is 0 Å². The number of esters is 1. The summed E-state index contributed by atoms with van der Waals surface area (Å²) < 4.78 is 57.4. The SMILES string of the molecule is O=C(COC(=O)COc1cccc(Cl)c1)Nc1ccc(S(=O)(=O)C(F)F)cc1. The molecule has 0 bridgehead atoms. The highest BCUT2D eigenvalue weighted by atomic mass is 35.5. The summed E-state index contributed by atoms with van der Waals surface area (Å²) in [6.45, 7) is -1.05. The van der Waals surface area contributed by atoms with E-state index in [2.05, 4.69) is 5.32 Å². The van der Waals surface area contributed by atoms with Crippen LogP contribution in [0.25, 0.3) is 0 Å². The standard InChI is InChI=1S/C17H14ClF2NO6S/c18-11-2-1-3-13(8-11)26-10-16(23)27-9-15(22)21-12-4-6-14(7-5-12)28(24,25)17(19)20/h1-8,17H,9-10H2,(H,21,22). The Kier molecular flexibility index (Phi) is 7.30. The highest BCUT2D eigenvalue weighted by molar-refractivity contribution is 7.91. The van der Waals surface area contributed by atoms with Gasteiger partial charge in [-0.1, -0.05) is 17.7 Å². The number of carbonyl (C=O) groups excluding carboxylic acids is 2. The van der Waals surface area contributed by atoms with Gasteiger partial charge in [0.25, 0.3) is 5.91 Å². The van der Waals surface area contributed by atoms with Gasteiger partial charge in [0.1, 0.15) is 5.75 Å². The number of amides is 1. The molecule has 1 amide bonds. The van der Waals surface area contributed by atoms with E-state index >= 15 is 0 Å². The molecule has 1 N–H and O–H groups in total. The van der Waals surface area contributed by atoms with Gasteiger partial charge in [-0.2, -0.15) is 8.78 Å². The average molecular weight is 434 g/mol. The number of hydrogen-bond donors (Lipinski definition) is 1. The van der Waals surface area contributed by atoms with Crippen molar-refractivity contribution in [1.82, 2.24) is 0 Å². The molecule has 0 aliphatic rings. The second kappa shape index (κ2) is 9.47. The van der Waals surface area contributed by atoms with Gasteiger partial charge < -0.3 is 14.8 Å².